The minimum absolute atomic E-state index is 0.103. The molecule has 0 unspecified atom stereocenters. The summed E-state index contributed by atoms with van der Waals surface area (Å²) in [5.74, 6) is 0. The maximum atomic E-state index is 12.0. The summed E-state index contributed by atoms with van der Waals surface area (Å²) < 4.78 is 5.38. The molecule has 1 N–H and O–H groups in total. The van der Waals surface area contributed by atoms with Crippen LogP contribution in [0, 0.1) is 0 Å². The Bertz CT molecular complexity index is 366. The first-order chi connectivity index (χ1) is 9.36. The number of rotatable bonds is 4. The Kier molecular flexibility index (Phi) is 4.22. The van der Waals surface area contributed by atoms with Gasteiger partial charge in [0.25, 0.3) is 0 Å². The summed E-state index contributed by atoms with van der Waals surface area (Å²) >= 11 is 0. The first kappa shape index (κ1) is 15.1. The topological polar surface area (TPSA) is 61.9 Å². The minimum atomic E-state index is -0.468. The molecule has 6 heteroatoms. The van der Waals surface area contributed by atoms with Gasteiger partial charge in [-0.15, -0.1) is 0 Å². The highest BCUT2D eigenvalue weighted by molar-refractivity contribution is 5.70. The van der Waals surface area contributed by atoms with Crippen molar-refractivity contribution < 1.29 is 14.3 Å². The maximum Gasteiger partial charge on any atom is 0.410 e. The third-order valence-corrected chi connectivity index (χ3v) is 3.91. The molecule has 0 aromatic carbocycles. The second-order valence-electron chi connectivity index (χ2n) is 6.75. The molecule has 2 aliphatic rings. The largest absolute Gasteiger partial charge is 0.444 e. The van der Waals surface area contributed by atoms with Gasteiger partial charge in [0.15, 0.2) is 0 Å². The van der Waals surface area contributed by atoms with Crippen molar-refractivity contribution in [3.63, 3.8) is 0 Å². The summed E-state index contributed by atoms with van der Waals surface area (Å²) in [4.78, 5) is 26.7. The van der Waals surface area contributed by atoms with Crippen molar-refractivity contribution in [1.82, 2.24) is 15.1 Å². The Balaban J connectivity index is 1.93. The normalized spacial score (nSPS) is 22.2. The van der Waals surface area contributed by atoms with Crippen LogP contribution < -0.4 is 5.32 Å². The van der Waals surface area contributed by atoms with Gasteiger partial charge in [0.1, 0.15) is 5.60 Å². The first-order valence-electron chi connectivity index (χ1n) is 7.26. The molecule has 2 fully saturated rings. The molecule has 0 aromatic heterocycles. The molecule has 2 heterocycles. The van der Waals surface area contributed by atoms with Gasteiger partial charge in [0.2, 0.25) is 6.41 Å². The molecule has 2 rings (SSSR count). The van der Waals surface area contributed by atoms with Crippen LogP contribution >= 0.6 is 0 Å². The van der Waals surface area contributed by atoms with E-state index in [1.54, 1.807) is 4.90 Å². The summed E-state index contributed by atoms with van der Waals surface area (Å²) in [6.07, 6.45) is 2.84. The third kappa shape index (κ3) is 3.23. The molecule has 2 amide bonds. The molecular weight excluding hydrogens is 258 g/mol. The molecule has 0 aromatic rings. The van der Waals surface area contributed by atoms with Gasteiger partial charge in [-0.3, -0.25) is 9.69 Å². The quantitative estimate of drug-likeness (QED) is 0.776. The fraction of sp³-hybridized carbons (Fsp3) is 0.857. The number of nitrogens with zero attached hydrogens (tertiary/aromatic N) is 2. The lowest BCUT2D eigenvalue weighted by Gasteiger charge is -2.54. The SMILES string of the molecule is CC(C)(C)OC(=O)N1CC(CNC=O)(N2CCCC2)C1. The van der Waals surface area contributed by atoms with E-state index in [4.69, 9.17) is 4.74 Å². The van der Waals surface area contributed by atoms with Crippen molar-refractivity contribution in [3.8, 4) is 0 Å². The van der Waals surface area contributed by atoms with Crippen LogP contribution in [0.4, 0.5) is 4.79 Å². The van der Waals surface area contributed by atoms with E-state index in [2.05, 4.69) is 10.2 Å². The fourth-order valence-corrected chi connectivity index (χ4v) is 2.97. The van der Waals surface area contributed by atoms with Gasteiger partial charge in [0, 0.05) is 19.6 Å². The zero-order chi connectivity index (χ0) is 14.8. The zero-order valence-corrected chi connectivity index (χ0v) is 12.6. The average molecular weight is 283 g/mol. The van der Waals surface area contributed by atoms with E-state index >= 15 is 0 Å². The molecule has 2 aliphatic heterocycles. The van der Waals surface area contributed by atoms with Crippen LogP contribution in [-0.2, 0) is 9.53 Å². The van der Waals surface area contributed by atoms with Crippen LogP contribution in [-0.4, -0.2) is 66.2 Å². The van der Waals surface area contributed by atoms with Gasteiger partial charge in [-0.2, -0.15) is 0 Å². The van der Waals surface area contributed by atoms with Gasteiger partial charge < -0.3 is 15.0 Å². The molecule has 0 atom stereocenters. The van der Waals surface area contributed by atoms with Crippen LogP contribution in [0.25, 0.3) is 0 Å². The van der Waals surface area contributed by atoms with Crippen LogP contribution in [0.5, 0.6) is 0 Å². The van der Waals surface area contributed by atoms with Crippen LogP contribution in [0.1, 0.15) is 33.6 Å². The number of carbonyl (C=O) groups excluding carboxylic acids is 2. The maximum absolute atomic E-state index is 12.0. The summed E-state index contributed by atoms with van der Waals surface area (Å²) in [6.45, 7) is 9.54. The Morgan fingerprint density at radius 1 is 1.30 bits per heavy atom. The molecule has 0 spiro atoms. The lowest BCUT2D eigenvalue weighted by molar-refractivity contribution is -0.111. The van der Waals surface area contributed by atoms with E-state index in [1.165, 1.54) is 12.8 Å². The average Bonchev–Trinajstić information content (AvgIpc) is 2.79. The number of nitrogens with one attached hydrogen (secondary N) is 1. The number of carbonyl (C=O) groups is 2. The third-order valence-electron chi connectivity index (χ3n) is 3.91. The molecule has 6 nitrogen and oxygen atoms in total. The monoisotopic (exact) mass is 283 g/mol. The van der Waals surface area contributed by atoms with Gasteiger partial charge >= 0.3 is 6.09 Å². The van der Waals surface area contributed by atoms with E-state index in [0.717, 1.165) is 19.5 Å². The summed E-state index contributed by atoms with van der Waals surface area (Å²) in [6, 6.07) is 0. The molecule has 0 saturated carbocycles. The van der Waals surface area contributed by atoms with Gasteiger partial charge in [0.05, 0.1) is 5.54 Å². The Morgan fingerprint density at radius 2 is 1.90 bits per heavy atom. The highest BCUT2D eigenvalue weighted by Gasteiger charge is 2.50. The Hall–Kier alpha value is -1.30. The minimum Gasteiger partial charge on any atom is -0.444 e. The van der Waals surface area contributed by atoms with Crippen LogP contribution in [0.2, 0.25) is 0 Å². The summed E-state index contributed by atoms with van der Waals surface area (Å²) in [5.41, 5.74) is -0.571. The Morgan fingerprint density at radius 3 is 2.40 bits per heavy atom. The number of hydrogen-bond acceptors (Lipinski definition) is 4. The number of hydrogen-bond donors (Lipinski definition) is 1. The first-order valence-corrected chi connectivity index (χ1v) is 7.26. The van der Waals surface area contributed by atoms with Crippen molar-refractivity contribution in [3.05, 3.63) is 0 Å². The highest BCUT2D eigenvalue weighted by Crippen LogP contribution is 2.31. The summed E-state index contributed by atoms with van der Waals surface area (Å²) in [5, 5.41) is 2.77. The number of amides is 2. The Labute approximate surface area is 120 Å². The van der Waals surface area contributed by atoms with E-state index in [-0.39, 0.29) is 11.6 Å². The molecular formula is C14H25N3O3. The van der Waals surface area contributed by atoms with Crippen molar-refractivity contribution in [1.29, 1.82) is 0 Å². The van der Waals surface area contributed by atoms with Gasteiger partial charge in [-0.05, 0) is 46.7 Å². The van der Waals surface area contributed by atoms with Gasteiger partial charge in [-0.25, -0.2) is 4.79 Å². The number of likely N-dealkylation sites (tertiary alicyclic amines) is 2. The fourth-order valence-electron chi connectivity index (χ4n) is 2.97. The molecule has 20 heavy (non-hydrogen) atoms. The molecule has 0 aliphatic carbocycles. The second-order valence-corrected chi connectivity index (χ2v) is 6.75. The van der Waals surface area contributed by atoms with Crippen molar-refractivity contribution >= 4 is 12.5 Å². The standard InChI is InChI=1S/C14H25N3O3/c1-13(2,3)20-12(19)16-9-14(10-16,8-15-11-18)17-6-4-5-7-17/h11H,4-10H2,1-3H3,(H,15,18). The molecule has 0 bridgehead atoms. The van der Waals surface area contributed by atoms with Crippen molar-refractivity contribution in [2.24, 2.45) is 0 Å². The van der Waals surface area contributed by atoms with E-state index < -0.39 is 5.60 Å². The molecule has 2 saturated heterocycles. The second kappa shape index (κ2) is 5.60. The van der Waals surface area contributed by atoms with Crippen molar-refractivity contribution in [2.75, 3.05) is 32.7 Å². The predicted octanol–water partition coefficient (Wildman–Crippen LogP) is 0.818. The predicted molar refractivity (Wildman–Crippen MR) is 75.4 cm³/mol. The zero-order valence-electron chi connectivity index (χ0n) is 12.6. The molecule has 0 radical (unpaired) electrons. The van der Waals surface area contributed by atoms with E-state index in [0.29, 0.717) is 19.6 Å². The summed E-state index contributed by atoms with van der Waals surface area (Å²) in [7, 11) is 0. The highest BCUT2D eigenvalue weighted by atomic mass is 16.6. The lowest BCUT2D eigenvalue weighted by Crippen LogP contribution is -2.74. The number of ether oxygens (including phenoxy) is 1. The molecule has 114 valence electrons. The van der Waals surface area contributed by atoms with E-state index in [1.807, 2.05) is 20.8 Å². The van der Waals surface area contributed by atoms with Crippen molar-refractivity contribution in [2.45, 2.75) is 44.8 Å². The smallest absolute Gasteiger partial charge is 0.410 e. The van der Waals surface area contributed by atoms with Gasteiger partial charge in [-0.1, -0.05) is 0 Å². The lowest BCUT2D eigenvalue weighted by atomic mass is 9.88. The van der Waals surface area contributed by atoms with Crippen LogP contribution in [0.3, 0.4) is 0 Å². The van der Waals surface area contributed by atoms with E-state index in [9.17, 15) is 9.59 Å². The van der Waals surface area contributed by atoms with Crippen LogP contribution in [0.15, 0.2) is 0 Å².